The van der Waals surface area contributed by atoms with E-state index in [1.165, 1.54) is 25.3 Å². The minimum absolute atomic E-state index is 0.00713. The number of nitrogens with zero attached hydrogens (tertiary/aromatic N) is 1. The summed E-state index contributed by atoms with van der Waals surface area (Å²) >= 11 is 5.94. The van der Waals surface area contributed by atoms with Gasteiger partial charge in [0.1, 0.15) is 0 Å². The molecule has 0 radical (unpaired) electrons. The van der Waals surface area contributed by atoms with Crippen LogP contribution in [0.25, 0.3) is 10.9 Å². The molecule has 3 rings (SSSR count). The topological polar surface area (TPSA) is 114 Å². The lowest BCUT2D eigenvalue weighted by Gasteiger charge is -2.14. The predicted molar refractivity (Wildman–Crippen MR) is 99.9 cm³/mol. The van der Waals surface area contributed by atoms with Crippen LogP contribution in [0.3, 0.4) is 0 Å². The number of anilines is 1. The second kappa shape index (κ2) is 7.46. The summed E-state index contributed by atoms with van der Waals surface area (Å²) in [6, 6.07) is 10.9. The molecule has 2 N–H and O–H groups in total. The third-order valence-electron chi connectivity index (χ3n) is 3.88. The molecule has 0 aliphatic rings. The summed E-state index contributed by atoms with van der Waals surface area (Å²) < 4.78 is 5.22. The first-order chi connectivity index (χ1) is 12.9. The van der Waals surface area contributed by atoms with Gasteiger partial charge in [-0.15, -0.1) is 0 Å². The van der Waals surface area contributed by atoms with Crippen LogP contribution in [0, 0.1) is 10.1 Å². The first-order valence-corrected chi connectivity index (χ1v) is 8.26. The van der Waals surface area contributed by atoms with E-state index >= 15 is 0 Å². The van der Waals surface area contributed by atoms with Crippen LogP contribution in [-0.4, -0.2) is 27.9 Å². The molecule has 1 atom stereocenters. The Kier molecular flexibility index (Phi) is 5.09. The Bertz CT molecular complexity index is 1050. The van der Waals surface area contributed by atoms with Crippen molar-refractivity contribution < 1.29 is 19.2 Å². The van der Waals surface area contributed by atoms with Gasteiger partial charge in [-0.05, 0) is 19.1 Å². The molecule has 0 saturated heterocycles. The van der Waals surface area contributed by atoms with E-state index in [2.05, 4.69) is 10.3 Å². The number of nitro benzene ring substituents is 1. The van der Waals surface area contributed by atoms with Gasteiger partial charge in [0.2, 0.25) is 0 Å². The highest BCUT2D eigenvalue weighted by Gasteiger charge is 2.22. The number of para-hydroxylation sites is 1. The van der Waals surface area contributed by atoms with E-state index in [0.717, 1.165) is 11.6 Å². The summed E-state index contributed by atoms with van der Waals surface area (Å²) in [5, 5.41) is 13.9. The standard InChI is InChI=1S/C18H14ClN3O5/c1-10(17(23)21-16-7-6-11(22(25)26)8-14(16)19)27-18(24)13-9-20-15-5-3-2-4-12(13)15/h2-10,20H,1H3,(H,21,23)/t10-/m1/s1. The number of ether oxygens (including phenoxy) is 1. The first kappa shape index (κ1) is 18.4. The smallest absolute Gasteiger partial charge is 0.341 e. The highest BCUT2D eigenvalue weighted by atomic mass is 35.5. The van der Waals surface area contributed by atoms with Crippen molar-refractivity contribution >= 4 is 45.8 Å². The Morgan fingerprint density at radius 2 is 2.00 bits per heavy atom. The number of hydrogen-bond acceptors (Lipinski definition) is 5. The number of halogens is 1. The van der Waals surface area contributed by atoms with E-state index in [-0.39, 0.29) is 16.4 Å². The average Bonchev–Trinajstić information content (AvgIpc) is 3.07. The lowest BCUT2D eigenvalue weighted by Crippen LogP contribution is -2.30. The molecule has 9 heteroatoms. The Balaban J connectivity index is 1.69. The van der Waals surface area contributed by atoms with Gasteiger partial charge in [0, 0.05) is 29.2 Å². The molecule has 3 aromatic rings. The van der Waals surface area contributed by atoms with Crippen LogP contribution in [-0.2, 0) is 9.53 Å². The molecule has 27 heavy (non-hydrogen) atoms. The van der Waals surface area contributed by atoms with Gasteiger partial charge in [0.25, 0.3) is 11.6 Å². The van der Waals surface area contributed by atoms with Gasteiger partial charge in [-0.25, -0.2) is 4.79 Å². The zero-order chi connectivity index (χ0) is 19.6. The SMILES string of the molecule is C[C@@H](OC(=O)c1c[nH]c2ccccc12)C(=O)Nc1ccc([N+](=O)[O-])cc1Cl. The highest BCUT2D eigenvalue weighted by Crippen LogP contribution is 2.27. The summed E-state index contributed by atoms with van der Waals surface area (Å²) in [6.07, 6.45) is 0.419. The molecule has 0 unspecified atom stereocenters. The molecule has 2 aromatic carbocycles. The summed E-state index contributed by atoms with van der Waals surface area (Å²) in [6.45, 7) is 1.42. The molecule has 0 fully saturated rings. The lowest BCUT2D eigenvalue weighted by molar-refractivity contribution is -0.384. The van der Waals surface area contributed by atoms with Gasteiger partial charge < -0.3 is 15.0 Å². The molecule has 0 aliphatic carbocycles. The number of nitro groups is 1. The van der Waals surface area contributed by atoms with Crippen LogP contribution < -0.4 is 5.32 Å². The fourth-order valence-electron chi connectivity index (χ4n) is 2.47. The van der Waals surface area contributed by atoms with Crippen molar-refractivity contribution in [2.24, 2.45) is 0 Å². The van der Waals surface area contributed by atoms with Crippen molar-refractivity contribution in [2.45, 2.75) is 13.0 Å². The number of fused-ring (bicyclic) bond motifs is 1. The maximum atomic E-state index is 12.4. The number of aromatic amines is 1. The van der Waals surface area contributed by atoms with Crippen molar-refractivity contribution in [1.82, 2.24) is 4.98 Å². The zero-order valence-corrected chi connectivity index (χ0v) is 14.8. The molecule has 138 valence electrons. The van der Waals surface area contributed by atoms with E-state index in [9.17, 15) is 19.7 Å². The number of nitrogens with one attached hydrogen (secondary N) is 2. The molecule has 0 spiro atoms. The van der Waals surface area contributed by atoms with E-state index in [1.54, 1.807) is 12.1 Å². The quantitative estimate of drug-likeness (QED) is 0.391. The summed E-state index contributed by atoms with van der Waals surface area (Å²) in [5.74, 6) is -1.26. The number of benzene rings is 2. The van der Waals surface area contributed by atoms with Crippen LogP contribution >= 0.6 is 11.6 Å². The summed E-state index contributed by atoms with van der Waals surface area (Å²) in [4.78, 5) is 37.7. The van der Waals surface area contributed by atoms with Gasteiger partial charge in [-0.2, -0.15) is 0 Å². The Hall–Kier alpha value is -3.39. The summed E-state index contributed by atoms with van der Waals surface area (Å²) in [7, 11) is 0. The first-order valence-electron chi connectivity index (χ1n) is 7.88. The minimum atomic E-state index is -1.10. The average molecular weight is 388 g/mol. The summed E-state index contributed by atoms with van der Waals surface area (Å²) in [5.41, 5.74) is 1.08. The van der Waals surface area contributed by atoms with E-state index in [0.29, 0.717) is 10.9 Å². The van der Waals surface area contributed by atoms with E-state index in [1.807, 2.05) is 12.1 Å². The van der Waals surface area contributed by atoms with Crippen molar-refractivity contribution in [3.8, 4) is 0 Å². The predicted octanol–water partition coefficient (Wildman–Crippen LogP) is 3.91. The lowest BCUT2D eigenvalue weighted by atomic mass is 10.2. The molecule has 1 aromatic heterocycles. The number of amides is 1. The number of H-pyrrole nitrogens is 1. The zero-order valence-electron chi connectivity index (χ0n) is 14.1. The second-order valence-corrected chi connectivity index (χ2v) is 6.11. The molecule has 0 aliphatic heterocycles. The monoisotopic (exact) mass is 387 g/mol. The van der Waals surface area contributed by atoms with Crippen molar-refractivity contribution in [3.63, 3.8) is 0 Å². The van der Waals surface area contributed by atoms with E-state index in [4.69, 9.17) is 16.3 Å². The maximum Gasteiger partial charge on any atom is 0.341 e. The van der Waals surface area contributed by atoms with Gasteiger partial charge in [0.05, 0.1) is 21.2 Å². The molecule has 0 bridgehead atoms. The Labute approximate surface area is 158 Å². The van der Waals surface area contributed by atoms with Crippen LogP contribution in [0.2, 0.25) is 5.02 Å². The molecule has 1 heterocycles. The number of carbonyl (C=O) groups is 2. The number of aromatic nitrogens is 1. The van der Waals surface area contributed by atoms with Gasteiger partial charge >= 0.3 is 5.97 Å². The van der Waals surface area contributed by atoms with Crippen molar-refractivity contribution in [1.29, 1.82) is 0 Å². The fraction of sp³-hybridized carbons (Fsp3) is 0.111. The second-order valence-electron chi connectivity index (χ2n) is 5.71. The van der Waals surface area contributed by atoms with Crippen LogP contribution in [0.15, 0.2) is 48.7 Å². The molecular formula is C18H14ClN3O5. The van der Waals surface area contributed by atoms with Crippen LogP contribution in [0.5, 0.6) is 0 Å². The fourth-order valence-corrected chi connectivity index (χ4v) is 2.69. The van der Waals surface area contributed by atoms with E-state index < -0.39 is 22.9 Å². The van der Waals surface area contributed by atoms with Gasteiger partial charge in [-0.1, -0.05) is 29.8 Å². The van der Waals surface area contributed by atoms with Gasteiger partial charge in [0.15, 0.2) is 6.10 Å². The minimum Gasteiger partial charge on any atom is -0.449 e. The van der Waals surface area contributed by atoms with Crippen molar-refractivity contribution in [2.75, 3.05) is 5.32 Å². The van der Waals surface area contributed by atoms with Crippen LogP contribution in [0.4, 0.5) is 11.4 Å². The maximum absolute atomic E-state index is 12.4. The molecule has 1 amide bonds. The molecule has 0 saturated carbocycles. The molecular weight excluding hydrogens is 374 g/mol. The number of rotatable bonds is 5. The number of esters is 1. The largest absolute Gasteiger partial charge is 0.449 e. The van der Waals surface area contributed by atoms with Crippen molar-refractivity contribution in [3.05, 3.63) is 69.4 Å². The molecule has 8 nitrogen and oxygen atoms in total. The number of carbonyl (C=O) groups excluding carboxylic acids is 2. The number of non-ortho nitro benzene ring substituents is 1. The Morgan fingerprint density at radius 1 is 1.26 bits per heavy atom. The van der Waals surface area contributed by atoms with Crippen LogP contribution in [0.1, 0.15) is 17.3 Å². The number of hydrogen-bond donors (Lipinski definition) is 2. The third-order valence-corrected chi connectivity index (χ3v) is 4.20. The normalized spacial score (nSPS) is 11.8. The Morgan fingerprint density at radius 3 is 2.70 bits per heavy atom. The van der Waals surface area contributed by atoms with Gasteiger partial charge in [-0.3, -0.25) is 14.9 Å². The highest BCUT2D eigenvalue weighted by molar-refractivity contribution is 6.34. The third kappa shape index (κ3) is 3.90.